The number of methoxy groups -OCH3 is 2. The molecule has 0 atom stereocenters. The molecule has 0 saturated carbocycles. The third-order valence-corrected chi connectivity index (χ3v) is 4.72. The zero-order valence-corrected chi connectivity index (χ0v) is 16.7. The Bertz CT molecular complexity index is 881. The number of allylic oxidation sites excluding steroid dienone is 1. The number of carbonyl (C=O) groups is 1. The van der Waals surface area contributed by atoms with Crippen molar-refractivity contribution in [1.29, 1.82) is 0 Å². The van der Waals surface area contributed by atoms with Crippen LogP contribution in [0.4, 0.5) is 5.69 Å². The van der Waals surface area contributed by atoms with Gasteiger partial charge in [0.15, 0.2) is 23.0 Å². The van der Waals surface area contributed by atoms with Crippen molar-refractivity contribution in [2.75, 3.05) is 32.8 Å². The van der Waals surface area contributed by atoms with E-state index in [1.54, 1.807) is 37.5 Å². The zero-order chi connectivity index (χ0) is 19.4. The van der Waals surface area contributed by atoms with E-state index in [9.17, 15) is 4.79 Å². The minimum Gasteiger partial charge on any atom is -0.493 e. The lowest BCUT2D eigenvalue weighted by molar-refractivity contribution is 0.102. The lowest BCUT2D eigenvalue weighted by atomic mass is 10.0. The summed E-state index contributed by atoms with van der Waals surface area (Å²) in [6, 6.07) is 6.93. The van der Waals surface area contributed by atoms with Crippen LogP contribution < -0.4 is 24.3 Å². The van der Waals surface area contributed by atoms with E-state index in [1.807, 2.05) is 0 Å². The quantitative estimate of drug-likeness (QED) is 0.690. The number of halogens is 1. The number of carbonyl (C=O) groups excluding carboxylic acids is 1. The molecule has 0 radical (unpaired) electrons. The summed E-state index contributed by atoms with van der Waals surface area (Å²) in [7, 11) is 3.10. The van der Waals surface area contributed by atoms with E-state index in [0.717, 1.165) is 5.56 Å². The molecule has 0 unspecified atom stereocenters. The number of anilines is 1. The lowest BCUT2D eigenvalue weighted by Gasteiger charge is -2.20. The van der Waals surface area contributed by atoms with Crippen LogP contribution in [0.1, 0.15) is 15.9 Å². The first-order valence-electron chi connectivity index (χ1n) is 8.33. The summed E-state index contributed by atoms with van der Waals surface area (Å²) >= 11 is 3.46. The molecule has 0 fully saturated rings. The van der Waals surface area contributed by atoms with Crippen molar-refractivity contribution in [2.24, 2.45) is 0 Å². The molecular weight excluding hydrogens is 414 g/mol. The van der Waals surface area contributed by atoms with Crippen molar-refractivity contribution < 1.29 is 23.7 Å². The first kappa shape index (κ1) is 19.1. The molecule has 1 aliphatic heterocycles. The Balaban J connectivity index is 1.92. The first-order valence-corrected chi connectivity index (χ1v) is 9.13. The van der Waals surface area contributed by atoms with E-state index in [-0.39, 0.29) is 5.91 Å². The smallest absolute Gasteiger partial charge is 0.255 e. The number of amides is 1. The Labute approximate surface area is 166 Å². The molecule has 1 aliphatic rings. The molecule has 27 heavy (non-hydrogen) atoms. The van der Waals surface area contributed by atoms with Crippen LogP contribution in [0.3, 0.4) is 0 Å². The lowest BCUT2D eigenvalue weighted by Crippen LogP contribution is -2.17. The van der Waals surface area contributed by atoms with Crippen molar-refractivity contribution >= 4 is 27.5 Å². The van der Waals surface area contributed by atoms with Gasteiger partial charge < -0.3 is 24.3 Å². The van der Waals surface area contributed by atoms with E-state index in [4.69, 9.17) is 18.9 Å². The van der Waals surface area contributed by atoms with Gasteiger partial charge in [0.2, 0.25) is 0 Å². The maximum Gasteiger partial charge on any atom is 0.255 e. The van der Waals surface area contributed by atoms with Crippen LogP contribution >= 0.6 is 15.9 Å². The fourth-order valence-electron chi connectivity index (χ4n) is 2.84. The summed E-state index contributed by atoms with van der Waals surface area (Å²) in [5, 5.41) is 2.89. The number of hydrogen-bond donors (Lipinski definition) is 1. The highest BCUT2D eigenvalue weighted by atomic mass is 79.9. The number of hydrogen-bond acceptors (Lipinski definition) is 5. The van der Waals surface area contributed by atoms with Crippen LogP contribution in [0.2, 0.25) is 0 Å². The average Bonchev–Trinajstić information content (AvgIpc) is 2.68. The molecule has 2 aromatic carbocycles. The van der Waals surface area contributed by atoms with E-state index in [2.05, 4.69) is 27.8 Å². The molecule has 0 bridgehead atoms. The van der Waals surface area contributed by atoms with Gasteiger partial charge in [-0.2, -0.15) is 0 Å². The van der Waals surface area contributed by atoms with Gasteiger partial charge in [-0.1, -0.05) is 6.08 Å². The number of fused-ring (bicyclic) bond motifs is 1. The van der Waals surface area contributed by atoms with E-state index < -0.39 is 0 Å². The van der Waals surface area contributed by atoms with Crippen LogP contribution in [0.25, 0.3) is 0 Å². The largest absolute Gasteiger partial charge is 0.493 e. The maximum atomic E-state index is 12.8. The third-order valence-electron chi connectivity index (χ3n) is 4.06. The molecule has 2 aromatic rings. The van der Waals surface area contributed by atoms with Gasteiger partial charge in [0.05, 0.1) is 19.9 Å². The Hall–Kier alpha value is -2.67. The SMILES string of the molecule is C=CCc1cc(C(=O)Nc2cc3c(cc2Br)OCCO3)cc(OC)c1OC. The molecule has 3 rings (SSSR count). The highest BCUT2D eigenvalue weighted by molar-refractivity contribution is 9.10. The molecule has 1 N–H and O–H groups in total. The van der Waals surface area contributed by atoms with Crippen molar-refractivity contribution in [1.82, 2.24) is 0 Å². The van der Waals surface area contributed by atoms with Crippen molar-refractivity contribution in [2.45, 2.75) is 6.42 Å². The Morgan fingerprint density at radius 3 is 2.52 bits per heavy atom. The van der Waals surface area contributed by atoms with Gasteiger partial charge >= 0.3 is 0 Å². The summed E-state index contributed by atoms with van der Waals surface area (Å²) in [4.78, 5) is 12.8. The monoisotopic (exact) mass is 433 g/mol. The first-order chi connectivity index (χ1) is 13.1. The zero-order valence-electron chi connectivity index (χ0n) is 15.1. The minimum atomic E-state index is -0.279. The molecule has 0 saturated heterocycles. The topological polar surface area (TPSA) is 66.0 Å². The van der Waals surface area contributed by atoms with Crippen LogP contribution in [-0.4, -0.2) is 33.3 Å². The van der Waals surface area contributed by atoms with Gasteiger partial charge in [0, 0.05) is 27.7 Å². The van der Waals surface area contributed by atoms with Crippen LogP contribution in [0.15, 0.2) is 41.4 Å². The van der Waals surface area contributed by atoms with Gasteiger partial charge in [-0.3, -0.25) is 4.79 Å². The molecule has 0 spiro atoms. The van der Waals surface area contributed by atoms with E-state index in [1.165, 1.54) is 7.11 Å². The Morgan fingerprint density at radius 1 is 1.19 bits per heavy atom. The van der Waals surface area contributed by atoms with Crippen molar-refractivity contribution in [3.05, 3.63) is 52.5 Å². The van der Waals surface area contributed by atoms with E-state index >= 15 is 0 Å². The number of ether oxygens (including phenoxy) is 4. The third kappa shape index (κ3) is 4.03. The summed E-state index contributed by atoms with van der Waals surface area (Å²) in [5.41, 5.74) is 1.86. The standard InChI is InChI=1S/C20H20BrNO5/c1-4-5-12-8-13(9-18(24-2)19(12)25-3)20(23)22-15-11-17-16(10-14(15)21)26-6-7-27-17/h4,8-11H,1,5-7H2,2-3H3,(H,22,23). The van der Waals surface area contributed by atoms with Crippen molar-refractivity contribution in [3.63, 3.8) is 0 Å². The maximum absolute atomic E-state index is 12.8. The van der Waals surface area contributed by atoms with Crippen LogP contribution in [0, 0.1) is 0 Å². The fraction of sp³-hybridized carbons (Fsp3) is 0.250. The van der Waals surface area contributed by atoms with Gasteiger partial charge in [-0.05, 0) is 34.5 Å². The predicted molar refractivity (Wildman–Crippen MR) is 107 cm³/mol. The summed E-state index contributed by atoms with van der Waals surface area (Å²) < 4.78 is 22.6. The molecule has 1 heterocycles. The highest BCUT2D eigenvalue weighted by Gasteiger charge is 2.19. The molecular formula is C20H20BrNO5. The average molecular weight is 434 g/mol. The minimum absolute atomic E-state index is 0.279. The van der Waals surface area contributed by atoms with Crippen molar-refractivity contribution in [3.8, 4) is 23.0 Å². The number of nitrogens with one attached hydrogen (secondary N) is 1. The van der Waals surface area contributed by atoms with Gasteiger partial charge in [-0.15, -0.1) is 6.58 Å². The van der Waals surface area contributed by atoms with Gasteiger partial charge in [-0.25, -0.2) is 0 Å². The second-order valence-corrected chi connectivity index (χ2v) is 6.65. The molecule has 0 aliphatic carbocycles. The fourth-order valence-corrected chi connectivity index (χ4v) is 3.26. The van der Waals surface area contributed by atoms with E-state index in [0.29, 0.717) is 58.4 Å². The molecule has 0 aromatic heterocycles. The van der Waals surface area contributed by atoms with Crippen LogP contribution in [0.5, 0.6) is 23.0 Å². The summed E-state index contributed by atoms with van der Waals surface area (Å²) in [6.07, 6.45) is 2.30. The molecule has 7 heteroatoms. The normalized spacial score (nSPS) is 12.3. The summed E-state index contributed by atoms with van der Waals surface area (Å²) in [6.45, 7) is 4.73. The van der Waals surface area contributed by atoms with Gasteiger partial charge in [0.1, 0.15) is 13.2 Å². The van der Waals surface area contributed by atoms with Crippen LogP contribution in [-0.2, 0) is 6.42 Å². The second-order valence-electron chi connectivity index (χ2n) is 5.79. The molecule has 6 nitrogen and oxygen atoms in total. The number of rotatable bonds is 6. The molecule has 142 valence electrons. The predicted octanol–water partition coefficient (Wildman–Crippen LogP) is 4.22. The Morgan fingerprint density at radius 2 is 1.89 bits per heavy atom. The Kier molecular flexibility index (Phi) is 5.91. The highest BCUT2D eigenvalue weighted by Crippen LogP contribution is 2.39. The second kappa shape index (κ2) is 8.35. The van der Waals surface area contributed by atoms with Gasteiger partial charge in [0.25, 0.3) is 5.91 Å². The number of benzene rings is 2. The molecule has 1 amide bonds. The summed E-state index contributed by atoms with van der Waals surface area (Å²) in [5.74, 6) is 2.04.